The van der Waals surface area contributed by atoms with Crippen LogP contribution in [0.3, 0.4) is 0 Å². The van der Waals surface area contributed by atoms with Gasteiger partial charge in [-0.15, -0.1) is 0 Å². The maximum absolute atomic E-state index is 8.83. The Morgan fingerprint density at radius 3 is 3.06 bits per heavy atom. The summed E-state index contributed by atoms with van der Waals surface area (Å²) < 4.78 is 0. The van der Waals surface area contributed by atoms with Gasteiger partial charge >= 0.3 is 0 Å². The number of hydrogen-bond acceptors (Lipinski definition) is 3. The van der Waals surface area contributed by atoms with E-state index in [1.165, 1.54) is 6.42 Å². The summed E-state index contributed by atoms with van der Waals surface area (Å²) in [5, 5.41) is 12.6. The van der Waals surface area contributed by atoms with Crippen LogP contribution in [0.2, 0.25) is 5.02 Å². The largest absolute Gasteiger partial charge is 0.371 e. The van der Waals surface area contributed by atoms with Gasteiger partial charge in [0.15, 0.2) is 0 Å². The Balaban J connectivity index is 2.09. The highest BCUT2D eigenvalue weighted by atomic mass is 35.5. The summed E-state index contributed by atoms with van der Waals surface area (Å²) in [5.74, 6) is 0.703. The molecule has 2 rings (SSSR count). The van der Waals surface area contributed by atoms with Crippen LogP contribution in [0.15, 0.2) is 18.2 Å². The molecule has 0 saturated carbocycles. The third-order valence-corrected chi connectivity index (χ3v) is 3.53. The molecule has 1 atom stereocenters. The van der Waals surface area contributed by atoms with E-state index in [4.69, 9.17) is 16.9 Å². The molecule has 90 valence electrons. The fraction of sp³-hybridized carbons (Fsp3) is 0.462. The quantitative estimate of drug-likeness (QED) is 0.893. The van der Waals surface area contributed by atoms with Gasteiger partial charge in [-0.2, -0.15) is 5.26 Å². The number of nitrogens with one attached hydrogen (secondary N) is 1. The van der Waals surface area contributed by atoms with Gasteiger partial charge in [0.2, 0.25) is 0 Å². The van der Waals surface area contributed by atoms with Crippen molar-refractivity contribution in [2.24, 2.45) is 5.92 Å². The van der Waals surface area contributed by atoms with Crippen LogP contribution in [0.1, 0.15) is 12.0 Å². The molecule has 0 aromatic heterocycles. The summed E-state index contributed by atoms with van der Waals surface area (Å²) in [6, 6.07) is 7.75. The van der Waals surface area contributed by atoms with Crippen molar-refractivity contribution >= 4 is 17.3 Å². The van der Waals surface area contributed by atoms with Crippen LogP contribution in [0.5, 0.6) is 0 Å². The summed E-state index contributed by atoms with van der Waals surface area (Å²) in [4.78, 5) is 2.33. The van der Waals surface area contributed by atoms with Crippen LogP contribution >= 0.6 is 11.6 Å². The standard InChI is InChI=1S/C13H16ClN3/c1-16-8-10-4-5-17(9-10)12-3-2-11(7-15)13(14)6-12/h2-3,6,10,16H,4-5,8-9H2,1H3. The van der Waals surface area contributed by atoms with Crippen molar-refractivity contribution in [1.29, 1.82) is 5.26 Å². The highest BCUT2D eigenvalue weighted by molar-refractivity contribution is 6.32. The Morgan fingerprint density at radius 1 is 1.59 bits per heavy atom. The molecule has 1 aromatic rings. The SMILES string of the molecule is CNCC1CCN(c2ccc(C#N)c(Cl)c2)C1. The summed E-state index contributed by atoms with van der Waals surface area (Å²) >= 11 is 6.04. The third-order valence-electron chi connectivity index (χ3n) is 3.22. The molecule has 4 heteroatoms. The molecule has 0 bridgehead atoms. The molecule has 0 radical (unpaired) electrons. The van der Waals surface area contributed by atoms with Gasteiger partial charge in [0, 0.05) is 18.8 Å². The van der Waals surface area contributed by atoms with Crippen molar-refractivity contribution in [1.82, 2.24) is 5.32 Å². The first kappa shape index (κ1) is 12.2. The molecule has 1 saturated heterocycles. The predicted molar refractivity (Wildman–Crippen MR) is 70.4 cm³/mol. The average molecular weight is 250 g/mol. The van der Waals surface area contributed by atoms with Crippen molar-refractivity contribution < 1.29 is 0 Å². The molecular weight excluding hydrogens is 234 g/mol. The first-order valence-electron chi connectivity index (χ1n) is 5.83. The average Bonchev–Trinajstić information content (AvgIpc) is 2.78. The number of nitriles is 1. The molecule has 0 spiro atoms. The highest BCUT2D eigenvalue weighted by Gasteiger charge is 2.22. The fourth-order valence-corrected chi connectivity index (χ4v) is 2.53. The van der Waals surface area contributed by atoms with E-state index in [1.807, 2.05) is 19.2 Å². The number of rotatable bonds is 3. The summed E-state index contributed by atoms with van der Waals surface area (Å²) in [6.07, 6.45) is 1.21. The summed E-state index contributed by atoms with van der Waals surface area (Å²) in [6.45, 7) is 3.18. The predicted octanol–water partition coefficient (Wildman–Crippen LogP) is 2.26. The number of nitrogens with zero attached hydrogens (tertiary/aromatic N) is 2. The van der Waals surface area contributed by atoms with Crippen molar-refractivity contribution in [3.63, 3.8) is 0 Å². The summed E-state index contributed by atoms with van der Waals surface area (Å²) in [7, 11) is 1.99. The molecule has 0 aliphatic carbocycles. The topological polar surface area (TPSA) is 39.1 Å². The first-order chi connectivity index (χ1) is 8.24. The molecular formula is C13H16ClN3. The van der Waals surface area contributed by atoms with E-state index < -0.39 is 0 Å². The second kappa shape index (κ2) is 5.39. The van der Waals surface area contributed by atoms with Crippen molar-refractivity contribution in [2.45, 2.75) is 6.42 Å². The molecule has 0 amide bonds. The molecule has 3 nitrogen and oxygen atoms in total. The minimum Gasteiger partial charge on any atom is -0.371 e. The van der Waals surface area contributed by atoms with E-state index in [2.05, 4.69) is 16.3 Å². The van der Waals surface area contributed by atoms with Gasteiger partial charge in [0.25, 0.3) is 0 Å². The third kappa shape index (κ3) is 2.71. The van der Waals surface area contributed by atoms with E-state index in [1.54, 1.807) is 6.07 Å². The Labute approximate surface area is 107 Å². The molecule has 1 aromatic carbocycles. The second-order valence-corrected chi connectivity index (χ2v) is 4.84. The Morgan fingerprint density at radius 2 is 2.41 bits per heavy atom. The Bertz CT molecular complexity index is 439. The van der Waals surface area contributed by atoms with E-state index in [0.717, 1.165) is 25.3 Å². The van der Waals surface area contributed by atoms with Gasteiger partial charge in [-0.1, -0.05) is 11.6 Å². The van der Waals surface area contributed by atoms with Crippen LogP contribution in [-0.4, -0.2) is 26.7 Å². The van der Waals surface area contributed by atoms with Crippen LogP contribution in [0.25, 0.3) is 0 Å². The van der Waals surface area contributed by atoms with Crippen molar-refractivity contribution in [3.05, 3.63) is 28.8 Å². The van der Waals surface area contributed by atoms with Crippen molar-refractivity contribution in [3.8, 4) is 6.07 Å². The molecule has 1 unspecified atom stereocenters. The van der Waals surface area contributed by atoms with Gasteiger partial charge in [0.05, 0.1) is 10.6 Å². The zero-order valence-electron chi connectivity index (χ0n) is 9.91. The lowest BCUT2D eigenvalue weighted by Crippen LogP contribution is -2.24. The van der Waals surface area contributed by atoms with Gasteiger partial charge in [-0.25, -0.2) is 0 Å². The maximum atomic E-state index is 8.83. The zero-order chi connectivity index (χ0) is 12.3. The lowest BCUT2D eigenvalue weighted by Gasteiger charge is -2.19. The Kier molecular flexibility index (Phi) is 3.88. The van der Waals surface area contributed by atoms with Gasteiger partial charge in [-0.3, -0.25) is 0 Å². The van der Waals surface area contributed by atoms with Crippen molar-refractivity contribution in [2.75, 3.05) is 31.6 Å². The molecule has 17 heavy (non-hydrogen) atoms. The molecule has 1 aliphatic rings. The Hall–Kier alpha value is -1.24. The lowest BCUT2D eigenvalue weighted by molar-refractivity contribution is 0.549. The fourth-order valence-electron chi connectivity index (χ4n) is 2.31. The van der Waals surface area contributed by atoms with E-state index in [9.17, 15) is 0 Å². The van der Waals surface area contributed by atoms with Crippen LogP contribution in [0, 0.1) is 17.2 Å². The molecule has 1 aliphatic heterocycles. The number of hydrogen-bond donors (Lipinski definition) is 1. The van der Waals surface area contributed by atoms with Gasteiger partial charge in [0.1, 0.15) is 6.07 Å². The second-order valence-electron chi connectivity index (χ2n) is 4.43. The normalized spacial score (nSPS) is 19.4. The van der Waals surface area contributed by atoms with Crippen LogP contribution in [0.4, 0.5) is 5.69 Å². The van der Waals surface area contributed by atoms with Crippen LogP contribution in [-0.2, 0) is 0 Å². The smallest absolute Gasteiger partial charge is 0.101 e. The monoisotopic (exact) mass is 249 g/mol. The number of halogens is 1. The molecule has 1 fully saturated rings. The van der Waals surface area contributed by atoms with E-state index >= 15 is 0 Å². The number of anilines is 1. The summed E-state index contributed by atoms with van der Waals surface area (Å²) in [5.41, 5.74) is 1.66. The lowest BCUT2D eigenvalue weighted by atomic mass is 10.1. The maximum Gasteiger partial charge on any atom is 0.101 e. The highest BCUT2D eigenvalue weighted by Crippen LogP contribution is 2.27. The molecule has 1 heterocycles. The molecule has 1 N–H and O–H groups in total. The van der Waals surface area contributed by atoms with Gasteiger partial charge in [-0.05, 0) is 44.1 Å². The first-order valence-corrected chi connectivity index (χ1v) is 6.21. The van der Waals surface area contributed by atoms with E-state index in [-0.39, 0.29) is 0 Å². The van der Waals surface area contributed by atoms with E-state index in [0.29, 0.717) is 16.5 Å². The van der Waals surface area contributed by atoms with Crippen LogP contribution < -0.4 is 10.2 Å². The van der Waals surface area contributed by atoms with Gasteiger partial charge < -0.3 is 10.2 Å². The minimum atomic E-state index is 0.543. The number of benzene rings is 1. The minimum absolute atomic E-state index is 0.543. The zero-order valence-corrected chi connectivity index (χ0v) is 10.7.